The van der Waals surface area contributed by atoms with Crippen molar-refractivity contribution in [2.45, 2.75) is 57.5 Å². The van der Waals surface area contributed by atoms with Gasteiger partial charge in [-0.15, -0.1) is 10.2 Å². The number of nitriles is 1. The van der Waals surface area contributed by atoms with Crippen LogP contribution in [-0.2, 0) is 0 Å². The standard InChI is InChI=1S/C24H26N8S/c1-14(2)29-20-10-21(32-8-7-17-9-15(11-25)12-28-22(17)32)27-13-19(20)24-31-30-23(33-24)16-3-5-18(26)6-4-16/h7-10,12-14,16,18H,3-6,26H2,1-2H3,(H,27,29). The van der Waals surface area contributed by atoms with Gasteiger partial charge in [0, 0.05) is 53.7 Å². The van der Waals surface area contributed by atoms with E-state index in [4.69, 9.17) is 16.0 Å². The molecule has 4 heterocycles. The Labute approximate surface area is 196 Å². The Morgan fingerprint density at radius 1 is 1.15 bits per heavy atom. The molecule has 33 heavy (non-hydrogen) atoms. The van der Waals surface area contributed by atoms with Gasteiger partial charge in [-0.3, -0.25) is 4.57 Å². The summed E-state index contributed by atoms with van der Waals surface area (Å²) in [5, 5.41) is 24.6. The number of hydrogen-bond donors (Lipinski definition) is 2. The monoisotopic (exact) mass is 458 g/mol. The smallest absolute Gasteiger partial charge is 0.151 e. The molecule has 5 rings (SSSR count). The molecule has 0 aliphatic heterocycles. The van der Waals surface area contributed by atoms with E-state index in [1.807, 2.05) is 35.2 Å². The molecule has 8 nitrogen and oxygen atoms in total. The fourth-order valence-corrected chi connectivity index (χ4v) is 5.36. The van der Waals surface area contributed by atoms with Crippen LogP contribution in [0.25, 0.3) is 27.4 Å². The summed E-state index contributed by atoms with van der Waals surface area (Å²) < 4.78 is 1.93. The molecule has 0 saturated heterocycles. The molecule has 1 aliphatic rings. The van der Waals surface area contributed by atoms with Crippen molar-refractivity contribution >= 4 is 28.1 Å². The minimum absolute atomic E-state index is 0.240. The maximum atomic E-state index is 9.14. The van der Waals surface area contributed by atoms with Gasteiger partial charge in [0.1, 0.15) is 22.5 Å². The summed E-state index contributed by atoms with van der Waals surface area (Å²) in [6.45, 7) is 4.22. The topological polar surface area (TPSA) is 118 Å². The van der Waals surface area contributed by atoms with Crippen LogP contribution in [0.2, 0.25) is 0 Å². The molecule has 4 aromatic rings. The van der Waals surface area contributed by atoms with Crippen LogP contribution < -0.4 is 11.1 Å². The number of hydrogen-bond acceptors (Lipinski definition) is 8. The van der Waals surface area contributed by atoms with Crippen molar-refractivity contribution in [3.8, 4) is 22.5 Å². The van der Waals surface area contributed by atoms with Crippen molar-refractivity contribution in [3.05, 3.63) is 47.4 Å². The summed E-state index contributed by atoms with van der Waals surface area (Å²) >= 11 is 1.65. The zero-order chi connectivity index (χ0) is 22.9. The van der Waals surface area contributed by atoms with Crippen LogP contribution in [0.15, 0.2) is 36.8 Å². The van der Waals surface area contributed by atoms with E-state index in [0.717, 1.165) is 63.8 Å². The van der Waals surface area contributed by atoms with Gasteiger partial charge in [0.25, 0.3) is 0 Å². The second-order valence-corrected chi connectivity index (χ2v) is 9.89. The van der Waals surface area contributed by atoms with Crippen molar-refractivity contribution in [1.82, 2.24) is 24.7 Å². The summed E-state index contributed by atoms with van der Waals surface area (Å²) in [7, 11) is 0. The second-order valence-electron chi connectivity index (χ2n) is 8.88. The van der Waals surface area contributed by atoms with E-state index in [2.05, 4.69) is 40.4 Å². The van der Waals surface area contributed by atoms with Gasteiger partial charge < -0.3 is 11.1 Å². The maximum absolute atomic E-state index is 9.14. The lowest BCUT2D eigenvalue weighted by Crippen LogP contribution is -2.25. The second kappa shape index (κ2) is 8.89. The third-order valence-electron chi connectivity index (χ3n) is 6.03. The summed E-state index contributed by atoms with van der Waals surface area (Å²) in [5.41, 5.74) is 9.27. The molecule has 0 spiro atoms. The molecule has 168 valence electrons. The molecule has 9 heteroatoms. The van der Waals surface area contributed by atoms with Crippen LogP contribution in [0.5, 0.6) is 0 Å². The molecule has 1 saturated carbocycles. The average molecular weight is 459 g/mol. The lowest BCUT2D eigenvalue weighted by atomic mass is 9.87. The number of pyridine rings is 2. The Balaban J connectivity index is 1.50. The Hall–Kier alpha value is -3.35. The van der Waals surface area contributed by atoms with Gasteiger partial charge in [-0.1, -0.05) is 11.3 Å². The van der Waals surface area contributed by atoms with Crippen molar-refractivity contribution in [2.75, 3.05) is 5.32 Å². The van der Waals surface area contributed by atoms with Crippen LogP contribution in [0.3, 0.4) is 0 Å². The number of rotatable bonds is 5. The van der Waals surface area contributed by atoms with Gasteiger partial charge in [-0.2, -0.15) is 5.26 Å². The maximum Gasteiger partial charge on any atom is 0.151 e. The van der Waals surface area contributed by atoms with Crippen LogP contribution in [0.1, 0.15) is 56.0 Å². The van der Waals surface area contributed by atoms with Crippen LogP contribution in [0.4, 0.5) is 5.69 Å². The highest BCUT2D eigenvalue weighted by molar-refractivity contribution is 7.14. The molecule has 1 aliphatic carbocycles. The molecular formula is C24H26N8S. The third-order valence-corrected chi connectivity index (χ3v) is 7.15. The van der Waals surface area contributed by atoms with Gasteiger partial charge >= 0.3 is 0 Å². The number of aromatic nitrogens is 5. The number of anilines is 1. The zero-order valence-electron chi connectivity index (χ0n) is 18.7. The first-order valence-corrected chi connectivity index (χ1v) is 12.1. The third kappa shape index (κ3) is 4.32. The molecule has 1 fully saturated rings. The lowest BCUT2D eigenvalue weighted by molar-refractivity contribution is 0.393. The Kier molecular flexibility index (Phi) is 5.79. The van der Waals surface area contributed by atoms with Gasteiger partial charge in [-0.05, 0) is 51.7 Å². The predicted molar refractivity (Wildman–Crippen MR) is 130 cm³/mol. The fourth-order valence-electron chi connectivity index (χ4n) is 4.32. The highest BCUT2D eigenvalue weighted by atomic mass is 32.1. The SMILES string of the molecule is CC(C)Nc1cc(-n2ccc3cc(C#N)cnc32)ncc1-c1nnc(C2CCC(N)CC2)s1. The Bertz CT molecular complexity index is 1320. The van der Waals surface area contributed by atoms with Crippen LogP contribution in [-0.4, -0.2) is 36.8 Å². The summed E-state index contributed by atoms with van der Waals surface area (Å²) in [5.74, 6) is 1.19. The largest absolute Gasteiger partial charge is 0.382 e. The van der Waals surface area contributed by atoms with Gasteiger partial charge in [0.15, 0.2) is 5.01 Å². The molecule has 0 unspecified atom stereocenters. The predicted octanol–water partition coefficient (Wildman–Crippen LogP) is 4.62. The first-order chi connectivity index (χ1) is 16.0. The fraction of sp³-hybridized carbons (Fsp3) is 0.375. The van der Waals surface area contributed by atoms with E-state index < -0.39 is 0 Å². The van der Waals surface area contributed by atoms with E-state index in [9.17, 15) is 0 Å². The van der Waals surface area contributed by atoms with Crippen molar-refractivity contribution in [1.29, 1.82) is 5.26 Å². The van der Waals surface area contributed by atoms with E-state index in [-0.39, 0.29) is 6.04 Å². The molecule has 4 aromatic heterocycles. The van der Waals surface area contributed by atoms with Crippen LogP contribution >= 0.6 is 11.3 Å². The molecule has 0 aromatic carbocycles. The molecule has 3 N–H and O–H groups in total. The summed E-state index contributed by atoms with van der Waals surface area (Å²) in [6.07, 6.45) is 9.61. The quantitative estimate of drug-likeness (QED) is 0.448. The molecule has 0 radical (unpaired) electrons. The Morgan fingerprint density at radius 2 is 1.97 bits per heavy atom. The average Bonchev–Trinajstić information content (AvgIpc) is 3.46. The molecule has 0 bridgehead atoms. The number of nitrogens with two attached hydrogens (primary N) is 1. The minimum Gasteiger partial charge on any atom is -0.382 e. The molecular weight excluding hydrogens is 432 g/mol. The molecule has 0 atom stereocenters. The van der Waals surface area contributed by atoms with E-state index in [1.165, 1.54) is 0 Å². The van der Waals surface area contributed by atoms with Crippen molar-refractivity contribution < 1.29 is 0 Å². The first-order valence-electron chi connectivity index (χ1n) is 11.3. The molecule has 0 amide bonds. The van der Waals surface area contributed by atoms with Gasteiger partial charge in [-0.25, -0.2) is 9.97 Å². The first kappa shape index (κ1) is 21.5. The summed E-state index contributed by atoms with van der Waals surface area (Å²) in [4.78, 5) is 9.20. The number of nitrogens with zero attached hydrogens (tertiary/aromatic N) is 6. The van der Waals surface area contributed by atoms with E-state index in [0.29, 0.717) is 17.5 Å². The summed E-state index contributed by atoms with van der Waals surface area (Å²) in [6, 6.07) is 8.50. The number of nitrogens with one attached hydrogen (secondary N) is 1. The zero-order valence-corrected chi connectivity index (χ0v) is 19.5. The van der Waals surface area contributed by atoms with Gasteiger partial charge in [0.05, 0.1) is 11.1 Å². The Morgan fingerprint density at radius 3 is 2.73 bits per heavy atom. The van der Waals surface area contributed by atoms with Crippen LogP contribution in [0, 0.1) is 11.3 Å². The van der Waals surface area contributed by atoms with E-state index >= 15 is 0 Å². The minimum atomic E-state index is 0.240. The van der Waals surface area contributed by atoms with Gasteiger partial charge in [0.2, 0.25) is 0 Å². The normalized spacial score (nSPS) is 18.5. The highest BCUT2D eigenvalue weighted by Gasteiger charge is 2.24. The highest BCUT2D eigenvalue weighted by Crippen LogP contribution is 2.38. The van der Waals surface area contributed by atoms with Crippen molar-refractivity contribution in [3.63, 3.8) is 0 Å². The lowest BCUT2D eigenvalue weighted by Gasteiger charge is -2.23. The number of fused-ring (bicyclic) bond motifs is 1. The van der Waals surface area contributed by atoms with E-state index in [1.54, 1.807) is 17.5 Å². The van der Waals surface area contributed by atoms with Crippen molar-refractivity contribution in [2.24, 2.45) is 5.73 Å².